The molecule has 0 bridgehead atoms. The van der Waals surface area contributed by atoms with E-state index in [4.69, 9.17) is 14.9 Å². The Morgan fingerprint density at radius 1 is 1.18 bits per heavy atom. The molecule has 1 aromatic carbocycles. The average Bonchev–Trinajstić information content (AvgIpc) is 2.90. The lowest BCUT2D eigenvalue weighted by molar-refractivity contribution is 0.202. The van der Waals surface area contributed by atoms with Crippen LogP contribution >= 0.6 is 0 Å². The summed E-state index contributed by atoms with van der Waals surface area (Å²) in [5, 5.41) is 0. The fourth-order valence-corrected chi connectivity index (χ4v) is 1.76. The molecule has 2 aromatic rings. The molecule has 0 saturated heterocycles. The molecular formula is C14H17NO2. The maximum Gasteiger partial charge on any atom is 0.0953 e. The van der Waals surface area contributed by atoms with Gasteiger partial charge in [-0.05, 0) is 23.6 Å². The van der Waals surface area contributed by atoms with Crippen LogP contribution in [0.15, 0.2) is 47.3 Å². The molecule has 0 aliphatic carbocycles. The van der Waals surface area contributed by atoms with Gasteiger partial charge in [-0.1, -0.05) is 24.3 Å². The van der Waals surface area contributed by atoms with E-state index in [0.29, 0.717) is 0 Å². The van der Waals surface area contributed by atoms with E-state index in [2.05, 4.69) is 24.3 Å². The molecule has 0 aliphatic heterocycles. The molecule has 2 rings (SSSR count). The summed E-state index contributed by atoms with van der Waals surface area (Å²) in [5.74, 6) is 0. The first kappa shape index (κ1) is 11.9. The third-order valence-electron chi connectivity index (χ3n) is 2.84. The van der Waals surface area contributed by atoms with Crippen molar-refractivity contribution >= 4 is 0 Å². The third-order valence-corrected chi connectivity index (χ3v) is 2.84. The van der Waals surface area contributed by atoms with E-state index in [1.54, 1.807) is 19.6 Å². The summed E-state index contributed by atoms with van der Waals surface area (Å²) in [7, 11) is 1.71. The Balaban J connectivity index is 2.07. The van der Waals surface area contributed by atoms with Crippen LogP contribution in [0.3, 0.4) is 0 Å². The van der Waals surface area contributed by atoms with Crippen molar-refractivity contribution in [3.8, 4) is 0 Å². The van der Waals surface area contributed by atoms with E-state index in [-0.39, 0.29) is 6.04 Å². The predicted molar refractivity (Wildman–Crippen MR) is 66.8 cm³/mol. The van der Waals surface area contributed by atoms with Crippen LogP contribution in [0.2, 0.25) is 0 Å². The first-order valence-electron chi connectivity index (χ1n) is 5.66. The lowest BCUT2D eigenvalue weighted by Gasteiger charge is -2.10. The molecule has 1 atom stereocenters. The summed E-state index contributed by atoms with van der Waals surface area (Å²) in [6.45, 7) is 0.743. The SMILES string of the molecule is COCCc1ccc(C(N)c2ccoc2)cc1. The van der Waals surface area contributed by atoms with E-state index in [9.17, 15) is 0 Å². The van der Waals surface area contributed by atoms with Gasteiger partial charge in [0.25, 0.3) is 0 Å². The van der Waals surface area contributed by atoms with Gasteiger partial charge in [0.05, 0.1) is 25.2 Å². The number of benzene rings is 1. The summed E-state index contributed by atoms with van der Waals surface area (Å²) in [6, 6.07) is 10.1. The smallest absolute Gasteiger partial charge is 0.0953 e. The Morgan fingerprint density at radius 3 is 2.53 bits per heavy atom. The Morgan fingerprint density at radius 2 is 1.94 bits per heavy atom. The van der Waals surface area contributed by atoms with Gasteiger partial charge in [-0.15, -0.1) is 0 Å². The monoisotopic (exact) mass is 231 g/mol. The van der Waals surface area contributed by atoms with Crippen LogP contribution in [-0.2, 0) is 11.2 Å². The second-order valence-corrected chi connectivity index (χ2v) is 4.02. The maximum atomic E-state index is 6.13. The van der Waals surface area contributed by atoms with Crippen LogP contribution < -0.4 is 5.73 Å². The largest absolute Gasteiger partial charge is 0.472 e. The Hall–Kier alpha value is -1.58. The number of nitrogens with two attached hydrogens (primary N) is 1. The van der Waals surface area contributed by atoms with Gasteiger partial charge < -0.3 is 14.9 Å². The average molecular weight is 231 g/mol. The highest BCUT2D eigenvalue weighted by Crippen LogP contribution is 2.20. The highest BCUT2D eigenvalue weighted by Gasteiger charge is 2.09. The van der Waals surface area contributed by atoms with Crippen molar-refractivity contribution in [2.45, 2.75) is 12.5 Å². The van der Waals surface area contributed by atoms with Gasteiger partial charge in [0.2, 0.25) is 0 Å². The molecular weight excluding hydrogens is 214 g/mol. The highest BCUT2D eigenvalue weighted by atomic mass is 16.5. The van der Waals surface area contributed by atoms with E-state index < -0.39 is 0 Å². The zero-order chi connectivity index (χ0) is 12.1. The van der Waals surface area contributed by atoms with Crippen LogP contribution in [-0.4, -0.2) is 13.7 Å². The van der Waals surface area contributed by atoms with Gasteiger partial charge in [-0.25, -0.2) is 0 Å². The molecule has 2 N–H and O–H groups in total. The van der Waals surface area contributed by atoms with Crippen molar-refractivity contribution in [1.29, 1.82) is 0 Å². The first-order chi connectivity index (χ1) is 8.31. The molecule has 1 unspecified atom stereocenters. The Bertz CT molecular complexity index is 434. The Kier molecular flexibility index (Phi) is 3.96. The topological polar surface area (TPSA) is 48.4 Å². The number of ether oxygens (including phenoxy) is 1. The molecule has 0 saturated carbocycles. The van der Waals surface area contributed by atoms with Crippen molar-refractivity contribution in [2.24, 2.45) is 5.73 Å². The molecule has 0 amide bonds. The fraction of sp³-hybridized carbons (Fsp3) is 0.286. The van der Waals surface area contributed by atoms with E-state index in [1.807, 2.05) is 6.07 Å². The van der Waals surface area contributed by atoms with Crippen LogP contribution in [0.25, 0.3) is 0 Å². The standard InChI is InChI=1S/C14H17NO2/c1-16-8-6-11-2-4-12(5-3-11)14(15)13-7-9-17-10-13/h2-5,7,9-10,14H,6,8,15H2,1H3. The number of hydrogen-bond acceptors (Lipinski definition) is 3. The fourth-order valence-electron chi connectivity index (χ4n) is 1.76. The summed E-state index contributed by atoms with van der Waals surface area (Å²) < 4.78 is 10.1. The van der Waals surface area contributed by atoms with E-state index in [1.165, 1.54) is 5.56 Å². The Labute approximate surface area is 101 Å². The minimum atomic E-state index is -0.120. The molecule has 3 nitrogen and oxygen atoms in total. The van der Waals surface area contributed by atoms with Gasteiger partial charge in [0.1, 0.15) is 0 Å². The van der Waals surface area contributed by atoms with E-state index in [0.717, 1.165) is 24.2 Å². The molecule has 1 heterocycles. The maximum absolute atomic E-state index is 6.13. The lowest BCUT2D eigenvalue weighted by Crippen LogP contribution is -2.10. The molecule has 0 fully saturated rings. The van der Waals surface area contributed by atoms with Gasteiger partial charge in [-0.3, -0.25) is 0 Å². The van der Waals surface area contributed by atoms with Crippen LogP contribution in [0.1, 0.15) is 22.7 Å². The van der Waals surface area contributed by atoms with Crippen molar-refractivity contribution in [2.75, 3.05) is 13.7 Å². The molecule has 90 valence electrons. The van der Waals surface area contributed by atoms with Gasteiger partial charge in [-0.2, -0.15) is 0 Å². The van der Waals surface area contributed by atoms with Crippen molar-refractivity contribution in [1.82, 2.24) is 0 Å². The van der Waals surface area contributed by atoms with E-state index >= 15 is 0 Å². The highest BCUT2D eigenvalue weighted by molar-refractivity contribution is 5.31. The van der Waals surface area contributed by atoms with Crippen LogP contribution in [0, 0.1) is 0 Å². The zero-order valence-corrected chi connectivity index (χ0v) is 9.93. The quantitative estimate of drug-likeness (QED) is 0.860. The van der Waals surface area contributed by atoms with Gasteiger partial charge in [0, 0.05) is 12.7 Å². The third kappa shape index (κ3) is 2.96. The number of rotatable bonds is 5. The number of furan rings is 1. The number of hydrogen-bond donors (Lipinski definition) is 1. The predicted octanol–water partition coefficient (Wildman–Crippen LogP) is 2.52. The summed E-state index contributed by atoms with van der Waals surface area (Å²) >= 11 is 0. The number of methoxy groups -OCH3 is 1. The minimum Gasteiger partial charge on any atom is -0.472 e. The minimum absolute atomic E-state index is 0.120. The summed E-state index contributed by atoms with van der Waals surface area (Å²) in [5.41, 5.74) is 9.47. The zero-order valence-electron chi connectivity index (χ0n) is 9.93. The van der Waals surface area contributed by atoms with Crippen LogP contribution in [0.5, 0.6) is 0 Å². The van der Waals surface area contributed by atoms with Crippen molar-refractivity contribution in [3.63, 3.8) is 0 Å². The molecule has 17 heavy (non-hydrogen) atoms. The normalized spacial score (nSPS) is 12.6. The molecule has 0 spiro atoms. The van der Waals surface area contributed by atoms with Gasteiger partial charge in [0.15, 0.2) is 0 Å². The first-order valence-corrected chi connectivity index (χ1v) is 5.66. The summed E-state index contributed by atoms with van der Waals surface area (Å²) in [6.07, 6.45) is 4.25. The van der Waals surface area contributed by atoms with Gasteiger partial charge >= 0.3 is 0 Å². The molecule has 3 heteroatoms. The summed E-state index contributed by atoms with van der Waals surface area (Å²) in [4.78, 5) is 0. The van der Waals surface area contributed by atoms with Crippen LogP contribution in [0.4, 0.5) is 0 Å². The second-order valence-electron chi connectivity index (χ2n) is 4.02. The molecule has 0 aliphatic rings. The lowest BCUT2D eigenvalue weighted by atomic mass is 10.0. The van der Waals surface area contributed by atoms with Crippen molar-refractivity contribution in [3.05, 3.63) is 59.5 Å². The second kappa shape index (κ2) is 5.66. The van der Waals surface area contributed by atoms with Crippen molar-refractivity contribution < 1.29 is 9.15 Å². The molecule has 0 radical (unpaired) electrons. The molecule has 1 aromatic heterocycles.